The van der Waals surface area contributed by atoms with Crippen LogP contribution in [0.25, 0.3) is 0 Å². The molecule has 0 aliphatic heterocycles. The molecule has 3 aromatic carbocycles. The molecule has 0 N–H and O–H groups in total. The fourth-order valence-electron chi connectivity index (χ4n) is 6.02. The fourth-order valence-corrected chi connectivity index (χ4v) is 6.02. The summed E-state index contributed by atoms with van der Waals surface area (Å²) >= 11 is 0. The normalized spacial score (nSPS) is 14.7. The van der Waals surface area contributed by atoms with Crippen LogP contribution in [0.4, 0.5) is 0 Å². The van der Waals surface area contributed by atoms with Gasteiger partial charge in [0.25, 0.3) is 0 Å². The first-order valence-electron chi connectivity index (χ1n) is 12.8. The zero-order valence-corrected chi connectivity index (χ0v) is 22.3. The first-order chi connectivity index (χ1) is 16.1. The predicted molar refractivity (Wildman–Crippen MR) is 148 cm³/mol. The molecule has 3 aromatic rings. The van der Waals surface area contributed by atoms with E-state index in [1.807, 2.05) is 0 Å². The molecule has 0 saturated carbocycles. The molecular weight excluding hydrogens is 408 g/mol. The van der Waals surface area contributed by atoms with Crippen molar-refractivity contribution in [3.63, 3.8) is 0 Å². The maximum Gasteiger partial charge on any atom is 0.0668 e. The summed E-state index contributed by atoms with van der Waals surface area (Å²) in [4.78, 5) is 0. The Morgan fingerprint density at radius 1 is 0.618 bits per heavy atom. The first-order valence-corrected chi connectivity index (χ1v) is 12.8. The Labute approximate surface area is 207 Å². The minimum Gasteiger partial charge on any atom is -0.0769 e. The van der Waals surface area contributed by atoms with Gasteiger partial charge in [0.15, 0.2) is 0 Å². The lowest BCUT2D eigenvalue weighted by Crippen LogP contribution is -2.32. The molecule has 1 atom stereocenters. The number of hydrogen-bond acceptors (Lipinski definition) is 0. The van der Waals surface area contributed by atoms with E-state index in [0.717, 1.165) is 6.42 Å². The number of allylic oxidation sites excluding steroid dienone is 4. The van der Waals surface area contributed by atoms with Crippen LogP contribution >= 0.6 is 0 Å². The van der Waals surface area contributed by atoms with Gasteiger partial charge in [0.05, 0.1) is 5.41 Å². The average molecular weight is 449 g/mol. The van der Waals surface area contributed by atoms with E-state index in [1.165, 1.54) is 67.6 Å². The van der Waals surface area contributed by atoms with E-state index in [0.29, 0.717) is 5.92 Å². The molecule has 0 radical (unpaired) electrons. The highest BCUT2D eigenvalue weighted by molar-refractivity contribution is 5.64. The van der Waals surface area contributed by atoms with E-state index in [-0.39, 0.29) is 5.41 Å². The van der Waals surface area contributed by atoms with Crippen LogP contribution in [-0.4, -0.2) is 0 Å². The molecule has 1 aliphatic rings. The van der Waals surface area contributed by atoms with Gasteiger partial charge in [0, 0.05) is 0 Å². The summed E-state index contributed by atoms with van der Waals surface area (Å²) in [5.41, 5.74) is 14.7. The molecule has 1 unspecified atom stereocenters. The second kappa shape index (κ2) is 9.41. The SMILES string of the molecule is CCC(C)C1=CCC(C(c2cc(C)cc(C)c2)(c2cc(C)cc(C)c2)c2cc(C)cc(C)c2)=C1. The van der Waals surface area contributed by atoms with Gasteiger partial charge in [-0.25, -0.2) is 0 Å². The molecular formula is C34H40. The molecule has 0 spiro atoms. The van der Waals surface area contributed by atoms with Gasteiger partial charge in [-0.2, -0.15) is 0 Å². The van der Waals surface area contributed by atoms with Crippen molar-refractivity contribution in [3.8, 4) is 0 Å². The molecule has 0 heteroatoms. The van der Waals surface area contributed by atoms with Crippen molar-refractivity contribution in [3.05, 3.63) is 128 Å². The van der Waals surface area contributed by atoms with E-state index >= 15 is 0 Å². The molecule has 4 rings (SSSR count). The van der Waals surface area contributed by atoms with Crippen molar-refractivity contribution in [1.82, 2.24) is 0 Å². The number of hydrogen-bond donors (Lipinski definition) is 0. The number of rotatable bonds is 6. The standard InChI is InChI=1S/C34H40/c1-9-28(8)29-10-11-30(21-29)34(31-15-22(2)12-23(3)16-31,32-17-24(4)13-25(5)18-32)33-19-26(6)14-27(7)20-33/h10,12-21,28H,9,11H2,1-8H3. The van der Waals surface area contributed by atoms with Crippen LogP contribution in [0.3, 0.4) is 0 Å². The minimum absolute atomic E-state index is 0.323. The van der Waals surface area contributed by atoms with Gasteiger partial charge in [-0.1, -0.05) is 114 Å². The molecule has 176 valence electrons. The highest BCUT2D eigenvalue weighted by Gasteiger charge is 2.41. The third-order valence-electron chi connectivity index (χ3n) is 7.53. The summed E-state index contributed by atoms with van der Waals surface area (Å²) < 4.78 is 0. The highest BCUT2D eigenvalue weighted by atomic mass is 14.4. The largest absolute Gasteiger partial charge is 0.0769 e. The van der Waals surface area contributed by atoms with E-state index < -0.39 is 0 Å². The molecule has 0 nitrogen and oxygen atoms in total. The van der Waals surface area contributed by atoms with Crippen molar-refractivity contribution < 1.29 is 0 Å². The van der Waals surface area contributed by atoms with E-state index in [4.69, 9.17) is 0 Å². The van der Waals surface area contributed by atoms with Crippen molar-refractivity contribution >= 4 is 0 Å². The molecule has 0 aromatic heterocycles. The third kappa shape index (κ3) is 4.43. The van der Waals surface area contributed by atoms with Gasteiger partial charge < -0.3 is 0 Å². The van der Waals surface area contributed by atoms with Crippen molar-refractivity contribution in [2.45, 2.75) is 73.6 Å². The van der Waals surface area contributed by atoms with Gasteiger partial charge in [-0.05, 0) is 88.1 Å². The summed E-state index contributed by atoms with van der Waals surface area (Å²) in [6, 6.07) is 21.4. The van der Waals surface area contributed by atoms with Crippen molar-refractivity contribution in [2.24, 2.45) is 5.92 Å². The average Bonchev–Trinajstić information content (AvgIpc) is 3.22. The molecule has 0 bridgehead atoms. The van der Waals surface area contributed by atoms with E-state index in [2.05, 4.69) is 122 Å². The summed E-state index contributed by atoms with van der Waals surface area (Å²) in [7, 11) is 0. The molecule has 0 heterocycles. The first kappa shape index (κ1) is 24.3. The second-order valence-electron chi connectivity index (χ2n) is 10.8. The molecule has 0 saturated heterocycles. The molecule has 0 fully saturated rings. The Kier molecular flexibility index (Phi) is 6.72. The predicted octanol–water partition coefficient (Wildman–Crippen LogP) is 9.17. The van der Waals surface area contributed by atoms with Gasteiger partial charge in [-0.15, -0.1) is 0 Å². The Hall–Kier alpha value is -2.86. The monoisotopic (exact) mass is 448 g/mol. The summed E-state index contributed by atoms with van der Waals surface area (Å²) in [5, 5.41) is 0. The summed E-state index contributed by atoms with van der Waals surface area (Å²) in [6.07, 6.45) is 7.17. The zero-order valence-electron chi connectivity index (χ0n) is 22.3. The Morgan fingerprint density at radius 3 is 1.29 bits per heavy atom. The van der Waals surface area contributed by atoms with E-state index in [1.54, 1.807) is 0 Å². The second-order valence-corrected chi connectivity index (χ2v) is 10.8. The molecule has 34 heavy (non-hydrogen) atoms. The van der Waals surface area contributed by atoms with Crippen LogP contribution in [0.5, 0.6) is 0 Å². The Bertz CT molecular complexity index is 1100. The van der Waals surface area contributed by atoms with Crippen LogP contribution in [0, 0.1) is 47.5 Å². The highest BCUT2D eigenvalue weighted by Crippen LogP contribution is 2.50. The van der Waals surface area contributed by atoms with Gasteiger partial charge in [-0.3, -0.25) is 0 Å². The smallest absolute Gasteiger partial charge is 0.0668 e. The summed E-state index contributed by atoms with van der Waals surface area (Å²) in [5.74, 6) is 0.577. The van der Waals surface area contributed by atoms with Crippen molar-refractivity contribution in [2.75, 3.05) is 0 Å². The maximum absolute atomic E-state index is 2.53. The number of benzene rings is 3. The van der Waals surface area contributed by atoms with Gasteiger partial charge >= 0.3 is 0 Å². The summed E-state index contributed by atoms with van der Waals surface area (Å²) in [6.45, 7) is 18.0. The quantitative estimate of drug-likeness (QED) is 0.330. The maximum atomic E-state index is 2.53. The Balaban J connectivity index is 2.16. The topological polar surface area (TPSA) is 0 Å². The fraction of sp³-hybridized carbons (Fsp3) is 0.353. The van der Waals surface area contributed by atoms with Crippen LogP contribution < -0.4 is 0 Å². The van der Waals surface area contributed by atoms with Crippen LogP contribution in [0.2, 0.25) is 0 Å². The third-order valence-corrected chi connectivity index (χ3v) is 7.53. The lowest BCUT2D eigenvalue weighted by molar-refractivity contribution is 0.669. The van der Waals surface area contributed by atoms with Crippen LogP contribution in [0.1, 0.15) is 76.8 Å². The lowest BCUT2D eigenvalue weighted by atomic mass is 9.63. The zero-order chi connectivity index (χ0) is 24.6. The van der Waals surface area contributed by atoms with Gasteiger partial charge in [0.2, 0.25) is 0 Å². The van der Waals surface area contributed by atoms with Crippen LogP contribution in [0.15, 0.2) is 77.9 Å². The minimum atomic E-state index is -0.323. The van der Waals surface area contributed by atoms with Crippen molar-refractivity contribution in [1.29, 1.82) is 0 Å². The Morgan fingerprint density at radius 2 is 0.971 bits per heavy atom. The molecule has 1 aliphatic carbocycles. The lowest BCUT2D eigenvalue weighted by Gasteiger charge is -2.39. The van der Waals surface area contributed by atoms with E-state index in [9.17, 15) is 0 Å². The van der Waals surface area contributed by atoms with Gasteiger partial charge in [0.1, 0.15) is 0 Å². The molecule has 0 amide bonds. The van der Waals surface area contributed by atoms with Crippen LogP contribution in [-0.2, 0) is 5.41 Å². The number of aryl methyl sites for hydroxylation is 6.